The largest absolute Gasteiger partial charge is 0.476 e. The summed E-state index contributed by atoms with van der Waals surface area (Å²) in [6.45, 7) is 0. The van der Waals surface area contributed by atoms with Gasteiger partial charge in [-0.15, -0.1) is 0 Å². The second-order valence-corrected chi connectivity index (χ2v) is 21.0. The van der Waals surface area contributed by atoms with Gasteiger partial charge in [0.2, 0.25) is 0 Å². The highest BCUT2D eigenvalue weighted by Crippen LogP contribution is 2.65. The molecule has 3 atom stereocenters. The fourth-order valence-electron chi connectivity index (χ4n) is 6.77. The minimum absolute atomic E-state index is 0.355. The Morgan fingerprint density at radius 2 is 0.623 bits per heavy atom. The van der Waals surface area contributed by atoms with E-state index in [9.17, 15) is 18.3 Å². The zero-order valence-corrected chi connectivity index (χ0v) is 31.4. The van der Waals surface area contributed by atoms with Gasteiger partial charge in [-0.25, -0.2) is 4.57 Å². The fraction of sp³-hybridized carbons (Fsp3) is 0.0769. The molecule has 53 heavy (non-hydrogen) atoms. The highest BCUT2D eigenvalue weighted by atomic mass is 31.2. The van der Waals surface area contributed by atoms with Crippen molar-refractivity contribution in [3.05, 3.63) is 146 Å². The van der Waals surface area contributed by atoms with Gasteiger partial charge in [0.1, 0.15) is 36.3 Å². The maximum absolute atomic E-state index is 14.8. The SMILES string of the molecule is O=P(OCP1(=O)Oc2ccccc2-c2ccccc21)(OCP1(=O)Oc2ccccc2-c2ccccc21)OCP1(=O)Oc2ccccc2-c2ccccc21. The second kappa shape index (κ2) is 13.1. The van der Waals surface area contributed by atoms with Gasteiger partial charge in [0.25, 0.3) is 0 Å². The van der Waals surface area contributed by atoms with E-state index >= 15 is 0 Å². The number of phosphoric ester groups is 1. The topological polar surface area (TPSA) is 124 Å². The third-order valence-corrected chi connectivity index (χ3v) is 17.4. The molecule has 10 nitrogen and oxygen atoms in total. The summed E-state index contributed by atoms with van der Waals surface area (Å²) >= 11 is 0. The summed E-state index contributed by atoms with van der Waals surface area (Å²) in [5, 5.41) is 1.06. The Hall–Kier alpha value is -4.48. The number of phosphoric acid groups is 1. The molecule has 9 rings (SSSR count). The predicted molar refractivity (Wildman–Crippen MR) is 205 cm³/mol. The van der Waals surface area contributed by atoms with Crippen LogP contribution in [0.15, 0.2) is 146 Å². The number of hydrogen-bond acceptors (Lipinski definition) is 10. The van der Waals surface area contributed by atoms with Crippen molar-refractivity contribution in [3.63, 3.8) is 0 Å². The molecule has 6 aromatic carbocycles. The Kier molecular flexibility index (Phi) is 8.49. The van der Waals surface area contributed by atoms with Crippen LogP contribution in [-0.2, 0) is 31.8 Å². The van der Waals surface area contributed by atoms with Crippen LogP contribution in [0.5, 0.6) is 17.2 Å². The van der Waals surface area contributed by atoms with Crippen LogP contribution in [0.2, 0.25) is 0 Å². The smallest absolute Gasteiger partial charge is 0.438 e. The Labute approximate surface area is 305 Å². The van der Waals surface area contributed by atoms with E-state index in [2.05, 4.69) is 0 Å². The molecule has 3 unspecified atom stereocenters. The summed E-state index contributed by atoms with van der Waals surface area (Å²) < 4.78 is 94.8. The summed E-state index contributed by atoms with van der Waals surface area (Å²) in [6, 6.07) is 42.5. The van der Waals surface area contributed by atoms with E-state index < -0.39 is 49.0 Å². The first-order chi connectivity index (χ1) is 25.7. The fourth-order valence-corrected chi connectivity index (χ4v) is 15.4. The van der Waals surface area contributed by atoms with E-state index in [1.54, 1.807) is 72.8 Å². The summed E-state index contributed by atoms with van der Waals surface area (Å²) in [5.41, 5.74) is 4.23. The molecule has 0 amide bonds. The number of para-hydroxylation sites is 3. The lowest BCUT2D eigenvalue weighted by atomic mass is 10.0. The van der Waals surface area contributed by atoms with Crippen molar-refractivity contribution in [2.24, 2.45) is 0 Å². The number of fused-ring (bicyclic) bond motifs is 9. The molecule has 0 spiro atoms. The van der Waals surface area contributed by atoms with Crippen LogP contribution in [0, 0.1) is 0 Å². The van der Waals surface area contributed by atoms with Gasteiger partial charge in [-0.2, -0.15) is 0 Å². The predicted octanol–water partition coefficient (Wildman–Crippen LogP) is 10.0. The van der Waals surface area contributed by atoms with Gasteiger partial charge in [0.05, 0.1) is 15.9 Å². The molecular weight excluding hydrogens is 752 g/mol. The zero-order chi connectivity index (χ0) is 36.3. The van der Waals surface area contributed by atoms with Gasteiger partial charge >= 0.3 is 29.9 Å². The number of benzene rings is 6. The van der Waals surface area contributed by atoms with Crippen molar-refractivity contribution in [2.75, 3.05) is 19.0 Å². The van der Waals surface area contributed by atoms with Crippen molar-refractivity contribution in [1.29, 1.82) is 0 Å². The van der Waals surface area contributed by atoms with Crippen molar-refractivity contribution < 1.29 is 45.4 Å². The maximum atomic E-state index is 14.8. The first-order valence-electron chi connectivity index (χ1n) is 16.6. The molecule has 266 valence electrons. The Bertz CT molecular complexity index is 2340. The molecule has 0 saturated carbocycles. The lowest BCUT2D eigenvalue weighted by Crippen LogP contribution is -2.23. The molecule has 0 aromatic heterocycles. The van der Waals surface area contributed by atoms with Crippen LogP contribution in [0.3, 0.4) is 0 Å². The van der Waals surface area contributed by atoms with Crippen LogP contribution >= 0.6 is 29.9 Å². The normalized spacial score (nSPS) is 22.8. The molecule has 3 heterocycles. The molecule has 3 aliphatic heterocycles. The van der Waals surface area contributed by atoms with Crippen LogP contribution in [0.4, 0.5) is 0 Å². The first kappa shape index (κ1) is 34.3. The van der Waals surface area contributed by atoms with Gasteiger partial charge in [0.15, 0.2) is 0 Å². The third kappa shape index (κ3) is 6.06. The average Bonchev–Trinajstić information content (AvgIpc) is 3.19. The van der Waals surface area contributed by atoms with Gasteiger partial charge in [-0.3, -0.25) is 27.3 Å². The van der Waals surface area contributed by atoms with E-state index in [1.165, 1.54) is 0 Å². The molecule has 0 fully saturated rings. The highest BCUT2D eigenvalue weighted by molar-refractivity contribution is 7.69. The van der Waals surface area contributed by atoms with Gasteiger partial charge in [0, 0.05) is 16.7 Å². The van der Waals surface area contributed by atoms with Crippen LogP contribution in [0.1, 0.15) is 0 Å². The lowest BCUT2D eigenvalue weighted by molar-refractivity contribution is 0.150. The third-order valence-electron chi connectivity index (χ3n) is 9.24. The monoisotopic (exact) mass is 782 g/mol. The molecule has 0 bridgehead atoms. The van der Waals surface area contributed by atoms with E-state index in [1.807, 2.05) is 72.8 Å². The van der Waals surface area contributed by atoms with Crippen molar-refractivity contribution in [3.8, 4) is 50.6 Å². The molecule has 3 aliphatic rings. The maximum Gasteiger partial charge on any atom is 0.476 e. The standard InChI is InChI=1S/C39H30O10P4/c40-50(37-22-10-4-16-31(37)28-13-1-7-19-34(28)47-50)25-44-53(43,45-26-51(41)38-23-11-5-17-32(38)29-14-2-8-20-35(29)48-51)46-27-52(42)39-24-12-6-18-33(39)30-15-3-9-21-36(30)49-52/h1-24H,25-27H2. The highest BCUT2D eigenvalue weighted by Gasteiger charge is 2.45. The molecule has 0 aliphatic carbocycles. The summed E-state index contributed by atoms with van der Waals surface area (Å²) in [6.07, 6.45) is -2.24. The van der Waals surface area contributed by atoms with Gasteiger partial charge in [-0.05, 0) is 53.1 Å². The molecule has 0 saturated heterocycles. The summed E-state index contributed by atoms with van der Waals surface area (Å²) in [4.78, 5) is 0. The first-order valence-corrected chi connectivity index (χ1v) is 23.5. The number of hydrogen-bond donors (Lipinski definition) is 0. The minimum Gasteiger partial charge on any atom is -0.438 e. The average molecular weight is 783 g/mol. The lowest BCUT2D eigenvalue weighted by Gasteiger charge is -2.32. The van der Waals surface area contributed by atoms with Crippen LogP contribution in [0.25, 0.3) is 33.4 Å². The van der Waals surface area contributed by atoms with Crippen LogP contribution in [-0.4, -0.2) is 19.0 Å². The van der Waals surface area contributed by atoms with E-state index in [0.29, 0.717) is 49.9 Å². The Morgan fingerprint density at radius 1 is 0.377 bits per heavy atom. The minimum atomic E-state index is -4.89. The van der Waals surface area contributed by atoms with E-state index in [0.717, 1.165) is 16.7 Å². The Morgan fingerprint density at radius 3 is 0.925 bits per heavy atom. The molecule has 6 aromatic rings. The van der Waals surface area contributed by atoms with Crippen LogP contribution < -0.4 is 29.5 Å². The molecular formula is C39H30O10P4. The van der Waals surface area contributed by atoms with Gasteiger partial charge in [-0.1, -0.05) is 109 Å². The Balaban J connectivity index is 1.06. The van der Waals surface area contributed by atoms with Gasteiger partial charge < -0.3 is 13.6 Å². The molecule has 0 radical (unpaired) electrons. The molecule has 0 N–H and O–H groups in total. The van der Waals surface area contributed by atoms with Crippen molar-refractivity contribution in [2.45, 2.75) is 0 Å². The second-order valence-electron chi connectivity index (χ2n) is 12.6. The van der Waals surface area contributed by atoms with Crippen molar-refractivity contribution >= 4 is 45.8 Å². The summed E-state index contributed by atoms with van der Waals surface area (Å²) in [5.74, 6) is 1.08. The molecule has 14 heteroatoms. The quantitative estimate of drug-likeness (QED) is 0.131. The zero-order valence-electron chi connectivity index (χ0n) is 27.8. The number of rotatable bonds is 9. The van der Waals surface area contributed by atoms with Crippen molar-refractivity contribution in [1.82, 2.24) is 0 Å². The summed E-state index contributed by atoms with van der Waals surface area (Å²) in [7, 11) is -16.7. The van der Waals surface area contributed by atoms with E-state index in [4.69, 9.17) is 27.1 Å². The van der Waals surface area contributed by atoms with E-state index in [-0.39, 0.29) is 0 Å².